The minimum atomic E-state index is -0.575. The van der Waals surface area contributed by atoms with Gasteiger partial charge < -0.3 is 27.6 Å². The van der Waals surface area contributed by atoms with Crippen molar-refractivity contribution in [3.63, 3.8) is 0 Å². The van der Waals surface area contributed by atoms with E-state index in [4.69, 9.17) is 4.74 Å². The Hall–Kier alpha value is -2.92. The zero-order valence-corrected chi connectivity index (χ0v) is 19.2. The SMILES string of the molecule is COc1ccccc1/C=C(/C(=O)CC[NH2+]C(C)C(O)c1ccccc1)c1ccccc1.[Cl-]. The summed E-state index contributed by atoms with van der Waals surface area (Å²) in [5.41, 5.74) is 3.30. The van der Waals surface area contributed by atoms with Crippen LogP contribution in [-0.2, 0) is 4.79 Å². The zero-order chi connectivity index (χ0) is 22.1. The molecule has 0 bridgehead atoms. The third kappa shape index (κ3) is 6.79. The van der Waals surface area contributed by atoms with Crippen molar-refractivity contribution in [3.05, 3.63) is 102 Å². The van der Waals surface area contributed by atoms with Gasteiger partial charge in [0.25, 0.3) is 0 Å². The molecule has 3 aromatic carbocycles. The molecule has 0 amide bonds. The highest BCUT2D eigenvalue weighted by atomic mass is 35.5. The molecule has 2 unspecified atom stereocenters. The van der Waals surface area contributed by atoms with Gasteiger partial charge >= 0.3 is 0 Å². The number of aliphatic hydroxyl groups excluding tert-OH is 1. The van der Waals surface area contributed by atoms with Crippen LogP contribution < -0.4 is 22.5 Å². The summed E-state index contributed by atoms with van der Waals surface area (Å²) >= 11 is 0. The highest BCUT2D eigenvalue weighted by Gasteiger charge is 2.20. The Kier molecular flexibility index (Phi) is 10.2. The van der Waals surface area contributed by atoms with Crippen LogP contribution in [-0.4, -0.2) is 30.6 Å². The number of Topliss-reactive ketones (excluding diaryl/α,β-unsaturated/α-hetero) is 1. The maximum Gasteiger partial charge on any atom is 0.169 e. The fraction of sp³-hybridized carbons (Fsp3) is 0.222. The average Bonchev–Trinajstić information content (AvgIpc) is 2.83. The summed E-state index contributed by atoms with van der Waals surface area (Å²) in [6, 6.07) is 26.9. The standard InChI is InChI=1S/C27H29NO3.ClH/c1-20(27(30)22-13-7-4-8-14-22)28-18-17-25(29)24(21-11-5-3-6-12-21)19-23-15-9-10-16-26(23)31-2;/h3-16,19-20,27-28,30H,17-18H2,1-2H3;1H/b24-19+;. The first kappa shape index (κ1) is 25.3. The molecule has 3 rings (SSSR count). The number of methoxy groups -OCH3 is 1. The van der Waals surface area contributed by atoms with Crippen molar-refractivity contribution in [3.8, 4) is 5.75 Å². The molecule has 0 aromatic heterocycles. The topological polar surface area (TPSA) is 63.1 Å². The molecule has 4 nitrogen and oxygen atoms in total. The molecule has 3 N–H and O–H groups in total. The van der Waals surface area contributed by atoms with Crippen molar-refractivity contribution in [1.82, 2.24) is 0 Å². The van der Waals surface area contributed by atoms with E-state index in [9.17, 15) is 9.90 Å². The number of carbonyl (C=O) groups is 1. The second-order valence-corrected chi connectivity index (χ2v) is 7.58. The molecule has 0 saturated carbocycles. The fourth-order valence-electron chi connectivity index (χ4n) is 3.58. The summed E-state index contributed by atoms with van der Waals surface area (Å²) < 4.78 is 5.45. The molecule has 0 aliphatic carbocycles. The Morgan fingerprint density at radius 1 is 0.969 bits per heavy atom. The minimum absolute atomic E-state index is 0. The lowest BCUT2D eigenvalue weighted by Crippen LogP contribution is -3.00. The Bertz CT molecular complexity index is 1010. The van der Waals surface area contributed by atoms with Crippen molar-refractivity contribution < 1.29 is 32.4 Å². The number of rotatable bonds is 10. The molecule has 2 atom stereocenters. The summed E-state index contributed by atoms with van der Waals surface area (Å²) in [5, 5.41) is 12.6. The van der Waals surface area contributed by atoms with Gasteiger partial charge in [-0.25, -0.2) is 0 Å². The predicted octanol–water partition coefficient (Wildman–Crippen LogP) is 0.885. The van der Waals surface area contributed by atoms with Crippen molar-refractivity contribution in [1.29, 1.82) is 0 Å². The molecular formula is C27H30ClNO3. The molecule has 3 aromatic rings. The van der Waals surface area contributed by atoms with Gasteiger partial charge in [-0.05, 0) is 30.2 Å². The molecule has 5 heteroatoms. The molecule has 0 saturated heterocycles. The van der Waals surface area contributed by atoms with Crippen LogP contribution in [0.3, 0.4) is 0 Å². The normalized spacial score (nSPS) is 13.0. The first-order valence-electron chi connectivity index (χ1n) is 10.6. The van der Waals surface area contributed by atoms with Crippen molar-refractivity contribution in [2.75, 3.05) is 13.7 Å². The molecule has 0 heterocycles. The van der Waals surface area contributed by atoms with E-state index in [0.29, 0.717) is 18.5 Å². The first-order chi connectivity index (χ1) is 15.1. The van der Waals surface area contributed by atoms with Crippen LogP contribution in [0.1, 0.15) is 36.1 Å². The molecule has 0 spiro atoms. The van der Waals surface area contributed by atoms with Crippen LogP contribution in [0.4, 0.5) is 0 Å². The van der Waals surface area contributed by atoms with Gasteiger partial charge in [0.05, 0.1) is 20.1 Å². The van der Waals surface area contributed by atoms with E-state index in [1.807, 2.05) is 103 Å². The third-order valence-electron chi connectivity index (χ3n) is 5.37. The second-order valence-electron chi connectivity index (χ2n) is 7.58. The highest BCUT2D eigenvalue weighted by Crippen LogP contribution is 2.25. The smallest absolute Gasteiger partial charge is 0.169 e. The maximum absolute atomic E-state index is 13.2. The zero-order valence-electron chi connectivity index (χ0n) is 18.4. The number of quaternary nitrogens is 1. The highest BCUT2D eigenvalue weighted by molar-refractivity contribution is 6.25. The number of hydrogen-bond acceptors (Lipinski definition) is 3. The van der Waals surface area contributed by atoms with E-state index in [-0.39, 0.29) is 24.2 Å². The number of ketones is 1. The van der Waals surface area contributed by atoms with Crippen LogP contribution in [0.2, 0.25) is 0 Å². The average molecular weight is 452 g/mol. The third-order valence-corrected chi connectivity index (χ3v) is 5.37. The monoisotopic (exact) mass is 451 g/mol. The van der Waals surface area contributed by atoms with Crippen LogP contribution in [0.25, 0.3) is 11.6 Å². The van der Waals surface area contributed by atoms with E-state index in [0.717, 1.165) is 22.4 Å². The van der Waals surface area contributed by atoms with Crippen LogP contribution in [0, 0.1) is 0 Å². The Morgan fingerprint density at radius 2 is 1.56 bits per heavy atom. The second kappa shape index (κ2) is 12.8. The van der Waals surface area contributed by atoms with Crippen molar-refractivity contribution in [2.45, 2.75) is 25.5 Å². The summed E-state index contributed by atoms with van der Waals surface area (Å²) in [5.74, 6) is 0.796. The first-order valence-corrected chi connectivity index (χ1v) is 10.6. The van der Waals surface area contributed by atoms with Gasteiger partial charge in [-0.1, -0.05) is 78.9 Å². The van der Waals surface area contributed by atoms with Gasteiger partial charge in [0, 0.05) is 11.1 Å². The number of allylic oxidation sites excluding steroid dienone is 1. The molecule has 0 aliphatic heterocycles. The van der Waals surface area contributed by atoms with Gasteiger partial charge in [-0.3, -0.25) is 4.79 Å². The van der Waals surface area contributed by atoms with E-state index in [1.54, 1.807) is 7.11 Å². The number of ether oxygens (including phenoxy) is 1. The minimum Gasteiger partial charge on any atom is -1.00 e. The number of para-hydroxylation sites is 1. The van der Waals surface area contributed by atoms with Crippen molar-refractivity contribution >= 4 is 17.4 Å². The summed E-state index contributed by atoms with van der Waals surface area (Å²) in [6.45, 7) is 2.57. The fourth-order valence-corrected chi connectivity index (χ4v) is 3.58. The number of aliphatic hydroxyl groups is 1. The number of nitrogens with two attached hydrogens (primary N) is 1. The van der Waals surface area contributed by atoms with Gasteiger partial charge in [-0.15, -0.1) is 0 Å². The van der Waals surface area contributed by atoms with Crippen LogP contribution >= 0.6 is 0 Å². The predicted molar refractivity (Wildman–Crippen MR) is 125 cm³/mol. The summed E-state index contributed by atoms with van der Waals surface area (Å²) in [7, 11) is 1.63. The number of carbonyl (C=O) groups excluding carboxylic acids is 1. The lowest BCUT2D eigenvalue weighted by Gasteiger charge is -2.18. The Morgan fingerprint density at radius 3 is 2.22 bits per heavy atom. The quantitative estimate of drug-likeness (QED) is 0.355. The molecule has 168 valence electrons. The largest absolute Gasteiger partial charge is 1.00 e. The number of benzene rings is 3. The Balaban J connectivity index is 0.00000363. The van der Waals surface area contributed by atoms with Crippen molar-refractivity contribution in [2.24, 2.45) is 0 Å². The van der Waals surface area contributed by atoms with Gasteiger partial charge in [0.1, 0.15) is 17.9 Å². The number of halogens is 1. The maximum atomic E-state index is 13.2. The van der Waals surface area contributed by atoms with Crippen LogP contribution in [0.15, 0.2) is 84.9 Å². The van der Waals surface area contributed by atoms with Crippen LogP contribution in [0.5, 0.6) is 5.75 Å². The molecule has 0 aliphatic rings. The van der Waals surface area contributed by atoms with Gasteiger partial charge in [-0.2, -0.15) is 0 Å². The van der Waals surface area contributed by atoms with Gasteiger partial charge in [0.2, 0.25) is 0 Å². The number of hydrogen-bond donors (Lipinski definition) is 2. The molecule has 32 heavy (non-hydrogen) atoms. The van der Waals surface area contributed by atoms with E-state index < -0.39 is 6.10 Å². The van der Waals surface area contributed by atoms with Gasteiger partial charge in [0.15, 0.2) is 5.78 Å². The molecule has 0 radical (unpaired) electrons. The summed E-state index contributed by atoms with van der Waals surface area (Å²) in [4.78, 5) is 13.2. The lowest BCUT2D eigenvalue weighted by atomic mass is 9.96. The van der Waals surface area contributed by atoms with E-state index in [2.05, 4.69) is 0 Å². The van der Waals surface area contributed by atoms with E-state index >= 15 is 0 Å². The Labute approximate surface area is 196 Å². The lowest BCUT2D eigenvalue weighted by molar-refractivity contribution is -0.693. The van der Waals surface area contributed by atoms with E-state index in [1.165, 1.54) is 0 Å². The molecular weight excluding hydrogens is 422 g/mol. The summed E-state index contributed by atoms with van der Waals surface area (Å²) in [6.07, 6.45) is 1.70. The molecule has 0 fully saturated rings.